The van der Waals surface area contributed by atoms with Gasteiger partial charge in [0.05, 0.1) is 19.1 Å². The molecule has 0 bridgehead atoms. The second kappa shape index (κ2) is 7.05. The molecule has 7 heteroatoms. The van der Waals surface area contributed by atoms with Gasteiger partial charge in [-0.3, -0.25) is 10.1 Å². The molecule has 0 saturated carbocycles. The summed E-state index contributed by atoms with van der Waals surface area (Å²) in [6.45, 7) is 0. The minimum atomic E-state index is -0.233. The van der Waals surface area contributed by atoms with E-state index in [1.165, 1.54) is 11.3 Å². The smallest absolute Gasteiger partial charge is 0.267 e. The van der Waals surface area contributed by atoms with Gasteiger partial charge in [0.1, 0.15) is 0 Å². The van der Waals surface area contributed by atoms with Crippen LogP contribution in [-0.2, 0) is 0 Å². The van der Waals surface area contributed by atoms with E-state index < -0.39 is 0 Å². The molecule has 2 aromatic rings. The summed E-state index contributed by atoms with van der Waals surface area (Å²) in [4.78, 5) is 12.5. The number of ether oxygens (including phenoxy) is 2. The summed E-state index contributed by atoms with van der Waals surface area (Å²) < 4.78 is 10.4. The Hall–Kier alpha value is -2.12. The first-order valence-corrected chi connectivity index (χ1v) is 7.30. The van der Waals surface area contributed by atoms with E-state index in [0.29, 0.717) is 22.1 Å². The van der Waals surface area contributed by atoms with Crippen molar-refractivity contribution in [3.8, 4) is 11.5 Å². The molecule has 1 amide bonds. The van der Waals surface area contributed by atoms with Crippen molar-refractivity contribution in [3.63, 3.8) is 0 Å². The van der Waals surface area contributed by atoms with Gasteiger partial charge in [-0.2, -0.15) is 0 Å². The summed E-state index contributed by atoms with van der Waals surface area (Å²) in [6, 6.07) is 8.82. The van der Waals surface area contributed by atoms with Crippen molar-refractivity contribution in [2.24, 2.45) is 0 Å². The normalized spacial score (nSPS) is 9.81. The molecular formula is C14H14N2O3S2. The first-order valence-electron chi connectivity index (χ1n) is 6.02. The van der Waals surface area contributed by atoms with Gasteiger partial charge in [0, 0.05) is 11.8 Å². The monoisotopic (exact) mass is 322 g/mol. The Labute approximate surface area is 131 Å². The van der Waals surface area contributed by atoms with Crippen molar-refractivity contribution in [2.75, 3.05) is 19.5 Å². The van der Waals surface area contributed by atoms with Crippen LogP contribution < -0.4 is 20.1 Å². The van der Waals surface area contributed by atoms with Crippen LogP contribution in [0, 0.1) is 0 Å². The maximum absolute atomic E-state index is 11.9. The third kappa shape index (κ3) is 3.93. The van der Waals surface area contributed by atoms with Crippen LogP contribution in [0.3, 0.4) is 0 Å². The molecular weight excluding hydrogens is 308 g/mol. The molecule has 0 radical (unpaired) electrons. The van der Waals surface area contributed by atoms with Gasteiger partial charge in [0.15, 0.2) is 16.6 Å². The van der Waals surface area contributed by atoms with Crippen LogP contribution in [0.25, 0.3) is 0 Å². The molecule has 0 aliphatic carbocycles. The minimum absolute atomic E-state index is 0.223. The molecule has 0 unspecified atom stereocenters. The van der Waals surface area contributed by atoms with Crippen molar-refractivity contribution in [1.29, 1.82) is 0 Å². The van der Waals surface area contributed by atoms with Crippen LogP contribution in [0.15, 0.2) is 35.7 Å². The number of amides is 1. The van der Waals surface area contributed by atoms with Crippen LogP contribution in [0.4, 0.5) is 5.69 Å². The summed E-state index contributed by atoms with van der Waals surface area (Å²) in [6.07, 6.45) is 0. The van der Waals surface area contributed by atoms with Crippen molar-refractivity contribution in [3.05, 3.63) is 40.6 Å². The van der Waals surface area contributed by atoms with Gasteiger partial charge < -0.3 is 14.8 Å². The highest BCUT2D eigenvalue weighted by molar-refractivity contribution is 7.80. The number of anilines is 1. The molecule has 21 heavy (non-hydrogen) atoms. The Morgan fingerprint density at radius 1 is 1.19 bits per heavy atom. The first-order chi connectivity index (χ1) is 10.1. The van der Waals surface area contributed by atoms with E-state index in [0.717, 1.165) is 0 Å². The van der Waals surface area contributed by atoms with Crippen LogP contribution in [0.1, 0.15) is 9.67 Å². The first kappa shape index (κ1) is 15.3. The number of thiophene rings is 1. The van der Waals surface area contributed by atoms with E-state index in [4.69, 9.17) is 21.7 Å². The molecule has 0 spiro atoms. The number of thiocarbonyl (C=S) groups is 1. The zero-order chi connectivity index (χ0) is 15.2. The average Bonchev–Trinajstić information content (AvgIpc) is 3.01. The zero-order valence-electron chi connectivity index (χ0n) is 11.5. The minimum Gasteiger partial charge on any atom is -0.493 e. The summed E-state index contributed by atoms with van der Waals surface area (Å²) >= 11 is 6.47. The van der Waals surface area contributed by atoms with Crippen LogP contribution in [-0.4, -0.2) is 25.2 Å². The number of rotatable bonds is 4. The number of carbonyl (C=O) groups is 1. The molecule has 1 aromatic carbocycles. The molecule has 0 atom stereocenters. The maximum atomic E-state index is 11.9. The Morgan fingerprint density at radius 2 is 1.95 bits per heavy atom. The number of hydrogen-bond donors (Lipinski definition) is 2. The van der Waals surface area contributed by atoms with Crippen LogP contribution in [0.5, 0.6) is 11.5 Å². The predicted molar refractivity (Wildman–Crippen MR) is 87.6 cm³/mol. The molecule has 2 rings (SSSR count). The standard InChI is InChI=1S/C14H14N2O3S2/c1-18-10-6-5-9(8-11(10)19-2)15-14(20)16-13(17)12-4-3-7-21-12/h3-8H,1-2H3,(H2,15,16,17,20). The molecule has 1 aromatic heterocycles. The van der Waals surface area contributed by atoms with E-state index in [2.05, 4.69) is 10.6 Å². The van der Waals surface area contributed by atoms with Crippen LogP contribution >= 0.6 is 23.6 Å². The van der Waals surface area contributed by atoms with E-state index in [-0.39, 0.29) is 11.0 Å². The Morgan fingerprint density at radius 3 is 2.57 bits per heavy atom. The summed E-state index contributed by atoms with van der Waals surface area (Å²) in [5.74, 6) is 0.967. The molecule has 0 aliphatic rings. The van der Waals surface area contributed by atoms with E-state index in [9.17, 15) is 4.79 Å². The number of methoxy groups -OCH3 is 2. The number of nitrogens with one attached hydrogen (secondary N) is 2. The maximum Gasteiger partial charge on any atom is 0.267 e. The van der Waals surface area contributed by atoms with Gasteiger partial charge in [-0.05, 0) is 35.8 Å². The Kier molecular flexibility index (Phi) is 5.13. The number of hydrogen-bond acceptors (Lipinski definition) is 5. The fourth-order valence-corrected chi connectivity index (χ4v) is 2.48. The molecule has 2 N–H and O–H groups in total. The summed E-state index contributed by atoms with van der Waals surface area (Å²) in [7, 11) is 3.12. The van der Waals surface area contributed by atoms with Gasteiger partial charge in [0.2, 0.25) is 0 Å². The lowest BCUT2D eigenvalue weighted by Gasteiger charge is -2.12. The van der Waals surface area contributed by atoms with Gasteiger partial charge in [-0.15, -0.1) is 11.3 Å². The van der Waals surface area contributed by atoms with Gasteiger partial charge in [-0.25, -0.2) is 0 Å². The SMILES string of the molecule is COc1ccc(NC(=S)NC(=O)c2cccs2)cc1OC. The van der Waals surface area contributed by atoms with Crippen molar-refractivity contribution >= 4 is 40.3 Å². The number of benzene rings is 1. The van der Waals surface area contributed by atoms with E-state index in [1.807, 2.05) is 11.4 Å². The molecule has 0 aliphatic heterocycles. The zero-order valence-corrected chi connectivity index (χ0v) is 13.1. The lowest BCUT2D eigenvalue weighted by atomic mass is 10.3. The molecule has 1 heterocycles. The third-order valence-electron chi connectivity index (χ3n) is 2.61. The topological polar surface area (TPSA) is 59.6 Å². The molecule has 0 fully saturated rings. The second-order valence-corrected chi connectivity index (χ2v) is 5.31. The Balaban J connectivity index is 2.01. The van der Waals surface area contributed by atoms with Crippen molar-refractivity contribution in [1.82, 2.24) is 5.32 Å². The molecule has 0 saturated heterocycles. The lowest BCUT2D eigenvalue weighted by Crippen LogP contribution is -2.33. The van der Waals surface area contributed by atoms with E-state index >= 15 is 0 Å². The van der Waals surface area contributed by atoms with Crippen LogP contribution in [0.2, 0.25) is 0 Å². The van der Waals surface area contributed by atoms with E-state index in [1.54, 1.807) is 38.5 Å². The van der Waals surface area contributed by atoms with Crippen molar-refractivity contribution in [2.45, 2.75) is 0 Å². The Bertz CT molecular complexity index is 642. The molecule has 5 nitrogen and oxygen atoms in total. The fourth-order valence-electron chi connectivity index (χ4n) is 1.65. The lowest BCUT2D eigenvalue weighted by molar-refractivity contribution is 0.0981. The summed E-state index contributed by atoms with van der Waals surface area (Å²) in [5.41, 5.74) is 0.698. The fraction of sp³-hybridized carbons (Fsp3) is 0.143. The van der Waals surface area contributed by atoms with Gasteiger partial charge >= 0.3 is 0 Å². The highest BCUT2D eigenvalue weighted by Crippen LogP contribution is 2.29. The second-order valence-electron chi connectivity index (χ2n) is 3.96. The van der Waals surface area contributed by atoms with Gasteiger partial charge in [-0.1, -0.05) is 6.07 Å². The van der Waals surface area contributed by atoms with Gasteiger partial charge in [0.25, 0.3) is 5.91 Å². The number of carbonyl (C=O) groups excluding carboxylic acids is 1. The largest absolute Gasteiger partial charge is 0.493 e. The molecule has 110 valence electrons. The van der Waals surface area contributed by atoms with Crippen molar-refractivity contribution < 1.29 is 14.3 Å². The highest BCUT2D eigenvalue weighted by Gasteiger charge is 2.10. The predicted octanol–water partition coefficient (Wildman–Crippen LogP) is 2.89. The quantitative estimate of drug-likeness (QED) is 0.848. The average molecular weight is 322 g/mol. The third-order valence-corrected chi connectivity index (χ3v) is 3.69. The summed E-state index contributed by atoms with van der Waals surface area (Å²) in [5, 5.41) is 7.60. The highest BCUT2D eigenvalue weighted by atomic mass is 32.1.